The summed E-state index contributed by atoms with van der Waals surface area (Å²) in [5.41, 5.74) is 4.96. The van der Waals surface area contributed by atoms with Crippen LogP contribution < -0.4 is 0 Å². The minimum absolute atomic E-state index is 0.0826. The number of alkyl halides is 2. The Labute approximate surface area is 167 Å². The number of rotatable bonds is 4. The molecule has 3 aromatic heterocycles. The smallest absolute Gasteiger partial charge is 0.250 e. The predicted molar refractivity (Wildman–Crippen MR) is 108 cm³/mol. The monoisotopic (exact) mass is 393 g/mol. The van der Waals surface area contributed by atoms with Crippen LogP contribution in [0.15, 0.2) is 60.9 Å². The second-order valence-electron chi connectivity index (χ2n) is 7.52. The summed E-state index contributed by atoms with van der Waals surface area (Å²) in [5.74, 6) is -1.68. The van der Waals surface area contributed by atoms with E-state index in [1.54, 1.807) is 6.20 Å². The molecule has 1 N–H and O–H groups in total. The first-order chi connectivity index (χ1) is 14.1. The number of halogens is 2. The fourth-order valence-electron chi connectivity index (χ4n) is 3.89. The van der Waals surface area contributed by atoms with E-state index in [0.717, 1.165) is 33.9 Å². The molecule has 0 atom stereocenters. The number of pyridine rings is 1. The minimum atomic E-state index is -2.53. The maximum absolute atomic E-state index is 13.5. The van der Waals surface area contributed by atoms with Crippen LogP contribution in [0.25, 0.3) is 28.2 Å². The summed E-state index contributed by atoms with van der Waals surface area (Å²) in [6, 6.07) is 16.1. The Balaban J connectivity index is 1.46. The van der Waals surface area contributed by atoms with Crippen molar-refractivity contribution >= 4 is 5.52 Å². The molecule has 5 nitrogen and oxygen atoms in total. The molecule has 0 aliphatic carbocycles. The summed E-state index contributed by atoms with van der Waals surface area (Å²) >= 11 is 0. The first kappa shape index (κ1) is 18.0. The van der Waals surface area contributed by atoms with Crippen molar-refractivity contribution in [3.63, 3.8) is 0 Å². The van der Waals surface area contributed by atoms with Crippen molar-refractivity contribution < 1.29 is 8.78 Å². The van der Waals surface area contributed by atoms with Crippen molar-refractivity contribution in [2.75, 3.05) is 13.1 Å². The average Bonchev–Trinajstić information content (AvgIpc) is 3.39. The topological polar surface area (TPSA) is 49.2 Å². The van der Waals surface area contributed by atoms with Gasteiger partial charge in [-0.15, -0.1) is 0 Å². The fraction of sp³-hybridized carbons (Fsp3) is 0.273. The quantitative estimate of drug-likeness (QED) is 0.550. The number of piperidine rings is 1. The van der Waals surface area contributed by atoms with Gasteiger partial charge in [0.05, 0.1) is 16.9 Å². The minimum Gasteiger partial charge on any atom is -0.299 e. The summed E-state index contributed by atoms with van der Waals surface area (Å²) in [5, 5.41) is 6.96. The molecule has 5 rings (SSSR count). The van der Waals surface area contributed by atoms with Crippen LogP contribution in [0.2, 0.25) is 0 Å². The van der Waals surface area contributed by atoms with Crippen molar-refractivity contribution in [2.24, 2.45) is 0 Å². The highest BCUT2D eigenvalue weighted by Gasteiger charge is 2.34. The van der Waals surface area contributed by atoms with Crippen molar-refractivity contribution in [1.29, 1.82) is 0 Å². The van der Waals surface area contributed by atoms with Crippen LogP contribution in [0.4, 0.5) is 8.78 Å². The second kappa shape index (κ2) is 7.08. The number of benzene rings is 1. The maximum Gasteiger partial charge on any atom is 0.250 e. The van der Waals surface area contributed by atoms with Crippen LogP contribution in [-0.2, 0) is 6.54 Å². The van der Waals surface area contributed by atoms with E-state index in [1.165, 1.54) is 0 Å². The summed E-state index contributed by atoms with van der Waals surface area (Å²) in [7, 11) is 0. The number of imidazole rings is 1. The molecule has 0 bridgehead atoms. The van der Waals surface area contributed by atoms with Crippen LogP contribution >= 0.6 is 0 Å². The number of aromatic nitrogens is 4. The normalized spacial score (nSPS) is 17.0. The van der Waals surface area contributed by atoms with E-state index in [9.17, 15) is 8.78 Å². The zero-order chi connectivity index (χ0) is 19.8. The molecule has 1 aromatic carbocycles. The molecule has 1 aliphatic rings. The van der Waals surface area contributed by atoms with E-state index in [1.807, 2.05) is 54.7 Å². The van der Waals surface area contributed by atoms with Crippen LogP contribution in [0.5, 0.6) is 0 Å². The lowest BCUT2D eigenvalue weighted by Crippen LogP contribution is -2.38. The molecule has 1 saturated heterocycles. The SMILES string of the molecule is FC1(F)CCN(Cc2nc(-c3ccc(-c4ccn[nH]4)cc3)n3ccccc23)CC1. The molecule has 7 heteroatoms. The van der Waals surface area contributed by atoms with Gasteiger partial charge in [0.25, 0.3) is 5.92 Å². The lowest BCUT2D eigenvalue weighted by Gasteiger charge is -2.31. The summed E-state index contributed by atoms with van der Waals surface area (Å²) < 4.78 is 29.0. The zero-order valence-corrected chi connectivity index (χ0v) is 15.9. The summed E-state index contributed by atoms with van der Waals surface area (Å²) in [6.45, 7) is 1.37. The third kappa shape index (κ3) is 3.53. The van der Waals surface area contributed by atoms with Crippen LogP contribution in [0.3, 0.4) is 0 Å². The molecule has 29 heavy (non-hydrogen) atoms. The predicted octanol–water partition coefficient (Wildman–Crippen LogP) is 4.62. The average molecular weight is 393 g/mol. The Kier molecular flexibility index (Phi) is 4.39. The number of hydrogen-bond donors (Lipinski definition) is 1. The molecule has 148 valence electrons. The van der Waals surface area contributed by atoms with Crippen molar-refractivity contribution in [3.8, 4) is 22.6 Å². The van der Waals surface area contributed by atoms with Gasteiger partial charge in [0.15, 0.2) is 0 Å². The van der Waals surface area contributed by atoms with Crippen molar-refractivity contribution in [1.82, 2.24) is 24.5 Å². The van der Waals surface area contributed by atoms with E-state index in [4.69, 9.17) is 4.98 Å². The van der Waals surface area contributed by atoms with Crippen LogP contribution in [-0.4, -0.2) is 43.5 Å². The number of H-pyrrole nitrogens is 1. The lowest BCUT2D eigenvalue weighted by atomic mass is 10.1. The Morgan fingerprint density at radius 3 is 2.45 bits per heavy atom. The Hall–Kier alpha value is -3.06. The molecule has 4 aromatic rings. The largest absolute Gasteiger partial charge is 0.299 e. The van der Waals surface area contributed by atoms with Crippen LogP contribution in [0, 0.1) is 0 Å². The van der Waals surface area contributed by atoms with E-state index >= 15 is 0 Å². The van der Waals surface area contributed by atoms with E-state index < -0.39 is 5.92 Å². The number of likely N-dealkylation sites (tertiary alicyclic amines) is 1. The Bertz CT molecular complexity index is 1110. The number of nitrogens with zero attached hydrogens (tertiary/aromatic N) is 4. The third-order valence-corrected chi connectivity index (χ3v) is 5.54. The number of nitrogens with one attached hydrogen (secondary N) is 1. The zero-order valence-electron chi connectivity index (χ0n) is 15.9. The van der Waals surface area contributed by atoms with Gasteiger partial charge >= 0.3 is 0 Å². The fourth-order valence-corrected chi connectivity index (χ4v) is 3.89. The molecular weight excluding hydrogens is 372 g/mol. The summed E-state index contributed by atoms with van der Waals surface area (Å²) in [4.78, 5) is 6.96. The summed E-state index contributed by atoms with van der Waals surface area (Å²) in [6.07, 6.45) is 3.56. The number of aromatic amines is 1. The van der Waals surface area contributed by atoms with Gasteiger partial charge in [0.1, 0.15) is 5.82 Å². The highest BCUT2D eigenvalue weighted by atomic mass is 19.3. The van der Waals surface area contributed by atoms with Gasteiger partial charge in [-0.1, -0.05) is 30.3 Å². The van der Waals surface area contributed by atoms with Gasteiger partial charge < -0.3 is 0 Å². The standard InChI is InChI=1S/C22H21F2N5/c23-22(24)9-13-28(14-10-22)15-19-20-3-1-2-12-29(20)21(26-19)17-6-4-16(5-7-17)18-8-11-25-27-18/h1-8,11-12H,9-10,13-15H2,(H,25,27). The van der Waals surface area contributed by atoms with E-state index in [0.29, 0.717) is 19.6 Å². The van der Waals surface area contributed by atoms with Crippen molar-refractivity contribution in [3.05, 3.63) is 66.6 Å². The number of hydrogen-bond acceptors (Lipinski definition) is 3. The highest BCUT2D eigenvalue weighted by Crippen LogP contribution is 2.30. The highest BCUT2D eigenvalue weighted by molar-refractivity contribution is 5.69. The van der Waals surface area contributed by atoms with Crippen LogP contribution in [0.1, 0.15) is 18.5 Å². The number of fused-ring (bicyclic) bond motifs is 1. The van der Waals surface area contributed by atoms with Crippen molar-refractivity contribution in [2.45, 2.75) is 25.3 Å². The second-order valence-corrected chi connectivity index (χ2v) is 7.52. The Morgan fingerprint density at radius 1 is 0.966 bits per heavy atom. The van der Waals surface area contributed by atoms with Gasteiger partial charge in [0.2, 0.25) is 0 Å². The molecule has 4 heterocycles. The molecule has 1 fully saturated rings. The van der Waals surface area contributed by atoms with Gasteiger partial charge in [-0.2, -0.15) is 5.10 Å². The Morgan fingerprint density at radius 2 is 1.72 bits per heavy atom. The van der Waals surface area contributed by atoms with Gasteiger partial charge in [-0.3, -0.25) is 14.4 Å². The third-order valence-electron chi connectivity index (χ3n) is 5.54. The molecule has 0 radical (unpaired) electrons. The lowest BCUT2D eigenvalue weighted by molar-refractivity contribution is -0.0567. The van der Waals surface area contributed by atoms with Gasteiger partial charge in [-0.25, -0.2) is 13.8 Å². The van der Waals surface area contributed by atoms with E-state index in [2.05, 4.69) is 19.5 Å². The molecule has 0 spiro atoms. The van der Waals surface area contributed by atoms with Gasteiger partial charge in [0, 0.05) is 50.4 Å². The first-order valence-corrected chi connectivity index (χ1v) is 9.75. The maximum atomic E-state index is 13.5. The molecular formula is C22H21F2N5. The molecule has 0 amide bonds. The van der Waals surface area contributed by atoms with Gasteiger partial charge in [-0.05, 0) is 23.8 Å². The first-order valence-electron chi connectivity index (χ1n) is 9.75. The molecule has 1 aliphatic heterocycles. The molecule has 0 saturated carbocycles. The van der Waals surface area contributed by atoms with E-state index in [-0.39, 0.29) is 12.8 Å². The molecule has 0 unspecified atom stereocenters.